The molecular formula is C15H20N2O3. The lowest BCUT2D eigenvalue weighted by atomic mass is 10.1. The minimum atomic E-state index is -0.933. The molecule has 1 aromatic rings. The predicted molar refractivity (Wildman–Crippen MR) is 75.6 cm³/mol. The van der Waals surface area contributed by atoms with Crippen LogP contribution < -0.4 is 0 Å². The lowest BCUT2D eigenvalue weighted by Gasteiger charge is -2.24. The maximum atomic E-state index is 12.3. The molecule has 108 valence electrons. The summed E-state index contributed by atoms with van der Waals surface area (Å²) in [5.74, 6) is -0.933. The first-order valence-corrected chi connectivity index (χ1v) is 6.88. The van der Waals surface area contributed by atoms with Gasteiger partial charge in [-0.3, -0.25) is 0 Å². The topological polar surface area (TPSA) is 60.9 Å². The van der Waals surface area contributed by atoms with Gasteiger partial charge in [-0.1, -0.05) is 19.4 Å². The van der Waals surface area contributed by atoms with Crippen molar-refractivity contribution in [2.45, 2.75) is 32.9 Å². The Morgan fingerprint density at radius 1 is 1.30 bits per heavy atom. The number of carbonyl (C=O) groups excluding carboxylic acids is 1. The van der Waals surface area contributed by atoms with Crippen LogP contribution in [0.2, 0.25) is 0 Å². The van der Waals surface area contributed by atoms with Crippen molar-refractivity contribution < 1.29 is 14.7 Å². The van der Waals surface area contributed by atoms with Crippen molar-refractivity contribution in [3.8, 4) is 0 Å². The molecule has 0 bridgehead atoms. The Labute approximate surface area is 118 Å². The largest absolute Gasteiger partial charge is 0.478 e. The maximum Gasteiger partial charge on any atom is 0.335 e. The maximum absolute atomic E-state index is 12.3. The molecule has 2 amide bonds. The van der Waals surface area contributed by atoms with Crippen molar-refractivity contribution in [1.82, 2.24) is 9.80 Å². The third kappa shape index (κ3) is 2.92. The minimum absolute atomic E-state index is 0.00604. The highest BCUT2D eigenvalue weighted by atomic mass is 16.4. The number of hydrogen-bond acceptors (Lipinski definition) is 2. The average molecular weight is 276 g/mol. The molecule has 0 aliphatic carbocycles. The van der Waals surface area contributed by atoms with E-state index in [1.807, 2.05) is 7.05 Å². The molecular weight excluding hydrogens is 256 g/mol. The summed E-state index contributed by atoms with van der Waals surface area (Å²) in [5.41, 5.74) is 2.24. The molecule has 1 heterocycles. The van der Waals surface area contributed by atoms with Gasteiger partial charge in [0, 0.05) is 26.7 Å². The first-order chi connectivity index (χ1) is 9.52. The molecule has 0 saturated carbocycles. The number of nitrogens with zero attached hydrogens (tertiary/aromatic N) is 2. The lowest BCUT2D eigenvalue weighted by Crippen LogP contribution is -2.38. The van der Waals surface area contributed by atoms with E-state index >= 15 is 0 Å². The second kappa shape index (κ2) is 5.94. The number of aromatic carboxylic acids is 1. The van der Waals surface area contributed by atoms with Gasteiger partial charge in [-0.15, -0.1) is 0 Å². The summed E-state index contributed by atoms with van der Waals surface area (Å²) in [6.07, 6.45) is 2.05. The van der Waals surface area contributed by atoms with Crippen LogP contribution in [-0.2, 0) is 13.1 Å². The highest BCUT2D eigenvalue weighted by molar-refractivity contribution is 5.88. The predicted octanol–water partition coefficient (Wildman–Crippen LogP) is 2.55. The lowest BCUT2D eigenvalue weighted by molar-refractivity contribution is 0.0696. The van der Waals surface area contributed by atoms with E-state index in [4.69, 9.17) is 5.11 Å². The molecule has 0 radical (unpaired) electrons. The van der Waals surface area contributed by atoms with E-state index < -0.39 is 5.97 Å². The quantitative estimate of drug-likeness (QED) is 0.919. The minimum Gasteiger partial charge on any atom is -0.478 e. The van der Waals surface area contributed by atoms with Gasteiger partial charge < -0.3 is 14.9 Å². The van der Waals surface area contributed by atoms with Crippen LogP contribution in [0.1, 0.15) is 41.3 Å². The van der Waals surface area contributed by atoms with E-state index in [2.05, 4.69) is 6.92 Å². The molecule has 2 rings (SSSR count). The summed E-state index contributed by atoms with van der Waals surface area (Å²) < 4.78 is 0. The Bertz CT molecular complexity index is 528. The standard InChI is InChI=1S/C15H20N2O3/c1-3-4-7-16(2)15(20)17-9-12-6-5-11(14(18)19)8-13(12)10-17/h5-6,8H,3-4,7,9-10H2,1-2H3,(H,18,19). The van der Waals surface area contributed by atoms with Crippen molar-refractivity contribution in [3.63, 3.8) is 0 Å². The summed E-state index contributed by atoms with van der Waals surface area (Å²) in [6, 6.07) is 5.07. The van der Waals surface area contributed by atoms with Gasteiger partial charge in [-0.25, -0.2) is 9.59 Å². The van der Waals surface area contributed by atoms with Crippen molar-refractivity contribution in [2.24, 2.45) is 0 Å². The summed E-state index contributed by atoms with van der Waals surface area (Å²) in [6.45, 7) is 3.90. The Kier molecular flexibility index (Phi) is 4.27. The molecule has 0 aromatic heterocycles. The smallest absolute Gasteiger partial charge is 0.335 e. The van der Waals surface area contributed by atoms with Gasteiger partial charge in [0.2, 0.25) is 0 Å². The molecule has 1 N–H and O–H groups in total. The van der Waals surface area contributed by atoms with Crippen LogP contribution in [0.15, 0.2) is 18.2 Å². The van der Waals surface area contributed by atoms with Crippen molar-refractivity contribution in [3.05, 3.63) is 34.9 Å². The number of rotatable bonds is 4. The molecule has 0 spiro atoms. The van der Waals surface area contributed by atoms with Gasteiger partial charge in [-0.2, -0.15) is 0 Å². The molecule has 0 fully saturated rings. The number of hydrogen-bond donors (Lipinski definition) is 1. The average Bonchev–Trinajstić information content (AvgIpc) is 2.86. The van der Waals surface area contributed by atoms with Crippen LogP contribution in [-0.4, -0.2) is 40.5 Å². The van der Waals surface area contributed by atoms with Crippen LogP contribution in [0.25, 0.3) is 0 Å². The Balaban J connectivity index is 2.05. The zero-order valence-corrected chi connectivity index (χ0v) is 11.9. The second-order valence-corrected chi connectivity index (χ2v) is 5.20. The molecule has 0 atom stereocenters. The number of unbranched alkanes of at least 4 members (excludes halogenated alkanes) is 1. The van der Waals surface area contributed by atoms with E-state index in [1.54, 1.807) is 28.0 Å². The first kappa shape index (κ1) is 14.4. The van der Waals surface area contributed by atoms with Crippen LogP contribution in [0.5, 0.6) is 0 Å². The molecule has 0 saturated heterocycles. The van der Waals surface area contributed by atoms with E-state index in [-0.39, 0.29) is 11.6 Å². The number of carboxylic acid groups (broad SMARTS) is 1. The summed E-state index contributed by atoms with van der Waals surface area (Å²) >= 11 is 0. The molecule has 0 unspecified atom stereocenters. The van der Waals surface area contributed by atoms with Crippen LogP contribution >= 0.6 is 0 Å². The number of amides is 2. The molecule has 1 aliphatic rings. The number of urea groups is 1. The number of carbonyl (C=O) groups is 2. The summed E-state index contributed by atoms with van der Waals surface area (Å²) in [5, 5.41) is 8.99. The monoisotopic (exact) mass is 276 g/mol. The molecule has 20 heavy (non-hydrogen) atoms. The number of benzene rings is 1. The van der Waals surface area contributed by atoms with Crippen LogP contribution in [0, 0.1) is 0 Å². The summed E-state index contributed by atoms with van der Waals surface area (Å²) in [4.78, 5) is 26.7. The number of fused-ring (bicyclic) bond motifs is 1. The highest BCUT2D eigenvalue weighted by Gasteiger charge is 2.26. The van der Waals surface area contributed by atoms with Crippen LogP contribution in [0.4, 0.5) is 4.79 Å². The van der Waals surface area contributed by atoms with Gasteiger partial charge in [0.15, 0.2) is 0 Å². The first-order valence-electron chi connectivity index (χ1n) is 6.88. The third-order valence-electron chi connectivity index (χ3n) is 3.62. The molecule has 5 nitrogen and oxygen atoms in total. The third-order valence-corrected chi connectivity index (χ3v) is 3.62. The fraction of sp³-hybridized carbons (Fsp3) is 0.467. The molecule has 5 heteroatoms. The van der Waals surface area contributed by atoms with Crippen molar-refractivity contribution in [1.29, 1.82) is 0 Å². The number of carboxylic acids is 1. The van der Waals surface area contributed by atoms with Gasteiger partial charge >= 0.3 is 12.0 Å². The van der Waals surface area contributed by atoms with E-state index in [0.29, 0.717) is 13.1 Å². The normalized spacial score (nSPS) is 13.2. The van der Waals surface area contributed by atoms with Crippen LogP contribution in [0.3, 0.4) is 0 Å². The zero-order chi connectivity index (χ0) is 14.7. The van der Waals surface area contributed by atoms with Crippen molar-refractivity contribution in [2.75, 3.05) is 13.6 Å². The Morgan fingerprint density at radius 3 is 2.65 bits per heavy atom. The van der Waals surface area contributed by atoms with Gasteiger partial charge in [0.25, 0.3) is 0 Å². The Morgan fingerprint density at radius 2 is 2.00 bits per heavy atom. The van der Waals surface area contributed by atoms with Gasteiger partial charge in [-0.05, 0) is 29.7 Å². The second-order valence-electron chi connectivity index (χ2n) is 5.20. The fourth-order valence-corrected chi connectivity index (χ4v) is 2.40. The van der Waals surface area contributed by atoms with E-state index in [1.165, 1.54) is 0 Å². The molecule has 1 aromatic carbocycles. The zero-order valence-electron chi connectivity index (χ0n) is 11.9. The van der Waals surface area contributed by atoms with Gasteiger partial charge in [0.1, 0.15) is 0 Å². The van der Waals surface area contributed by atoms with E-state index in [9.17, 15) is 9.59 Å². The molecule has 1 aliphatic heterocycles. The SMILES string of the molecule is CCCCN(C)C(=O)N1Cc2ccc(C(=O)O)cc2C1. The van der Waals surface area contributed by atoms with Gasteiger partial charge in [0.05, 0.1) is 5.56 Å². The van der Waals surface area contributed by atoms with E-state index in [0.717, 1.165) is 30.5 Å². The summed E-state index contributed by atoms with van der Waals surface area (Å²) in [7, 11) is 1.81. The van der Waals surface area contributed by atoms with Crippen molar-refractivity contribution >= 4 is 12.0 Å². The fourth-order valence-electron chi connectivity index (χ4n) is 2.40. The Hall–Kier alpha value is -2.04. The highest BCUT2D eigenvalue weighted by Crippen LogP contribution is 2.24.